The molecule has 0 radical (unpaired) electrons. The predicted octanol–water partition coefficient (Wildman–Crippen LogP) is 3.82. The number of hydrogen-bond acceptors (Lipinski definition) is 7. The summed E-state index contributed by atoms with van der Waals surface area (Å²) in [5.41, 5.74) is 4.90. The number of aldehydes is 1. The van der Waals surface area contributed by atoms with Crippen molar-refractivity contribution in [3.63, 3.8) is 0 Å². The van der Waals surface area contributed by atoms with Crippen LogP contribution >= 0.6 is 0 Å². The number of pyridine rings is 1. The minimum atomic E-state index is -4.25. The average Bonchev–Trinajstić information content (AvgIpc) is 3.12. The fourth-order valence-electron chi connectivity index (χ4n) is 5.34. The molecule has 0 spiro atoms. The maximum absolute atomic E-state index is 13.2. The van der Waals surface area contributed by atoms with Gasteiger partial charge in [-0.3, -0.25) is 14.6 Å². The van der Waals surface area contributed by atoms with E-state index in [-0.39, 0.29) is 63.9 Å². The van der Waals surface area contributed by atoms with Gasteiger partial charge >= 0.3 is 57.6 Å². The van der Waals surface area contributed by atoms with Crippen LogP contribution < -0.4 is 72.2 Å². The van der Waals surface area contributed by atoms with E-state index in [9.17, 15) is 22.8 Å². The van der Waals surface area contributed by atoms with E-state index in [1.165, 1.54) is 12.5 Å². The Kier molecular flexibility index (Phi) is 17.6. The molecule has 0 saturated carbocycles. The third-order valence-corrected chi connectivity index (χ3v) is 7.78. The van der Waals surface area contributed by atoms with Crippen molar-refractivity contribution >= 4 is 29.3 Å². The second-order valence-corrected chi connectivity index (χ2v) is 11.5. The molecule has 50 heavy (non-hydrogen) atoms. The molecular formula is C37H42F3KN6O3. The standard InChI is InChI=1S/C28H32N5O3.C9H10F3N.K/c34-16-13-29-11-12-30-23-6-4-5-22(18-23)28(36)32-26-8-7-24(33-14-2-1-3-15-33)19-25(26)27-17-21(20-35)9-10-31-27;1-13-6-7-3-2-4-8(5-7)9(10,11)12;/h4-10,17-20,29,34H,1-3,11-16H2,(H,31,32,36);2-5,13H,6H2,1H3;/q-1;;+1. The van der Waals surface area contributed by atoms with Crippen molar-refractivity contribution in [2.24, 2.45) is 0 Å². The van der Waals surface area contributed by atoms with E-state index >= 15 is 0 Å². The van der Waals surface area contributed by atoms with E-state index in [0.717, 1.165) is 61.3 Å². The summed E-state index contributed by atoms with van der Waals surface area (Å²) in [4.78, 5) is 31.4. The zero-order chi connectivity index (χ0) is 35.1. The Balaban J connectivity index is 0.000000408. The molecule has 4 aromatic rings. The van der Waals surface area contributed by atoms with Crippen LogP contribution in [-0.2, 0) is 12.7 Å². The maximum atomic E-state index is 13.2. The van der Waals surface area contributed by atoms with Crippen molar-refractivity contribution in [2.45, 2.75) is 32.0 Å². The molecule has 1 aliphatic rings. The molecule has 9 nitrogen and oxygen atoms in total. The number of benzene rings is 3. The van der Waals surface area contributed by atoms with Gasteiger partial charge in [0.1, 0.15) is 6.29 Å². The summed E-state index contributed by atoms with van der Waals surface area (Å²) in [6.45, 7) is 4.26. The Morgan fingerprint density at radius 3 is 2.48 bits per heavy atom. The number of amides is 1. The van der Waals surface area contributed by atoms with E-state index in [4.69, 9.17) is 5.11 Å². The van der Waals surface area contributed by atoms with Crippen LogP contribution in [0.15, 0.2) is 85.1 Å². The Hall–Kier alpha value is -3.14. The number of anilines is 2. The number of aliphatic hydroxyl groups excluding tert-OH is 1. The first-order chi connectivity index (χ1) is 23.7. The molecule has 13 heteroatoms. The molecule has 5 rings (SSSR count). The zero-order valence-corrected chi connectivity index (χ0v) is 31.6. The van der Waals surface area contributed by atoms with Crippen LogP contribution in [0.2, 0.25) is 0 Å². The number of carbonyl (C=O) groups is 2. The first kappa shape index (κ1) is 41.3. The number of aliphatic hydroxyl groups is 1. The van der Waals surface area contributed by atoms with Crippen molar-refractivity contribution in [2.75, 3.05) is 56.6 Å². The van der Waals surface area contributed by atoms with Crippen molar-refractivity contribution < 1.29 is 79.3 Å². The third kappa shape index (κ3) is 12.9. The second-order valence-electron chi connectivity index (χ2n) is 11.5. The summed E-state index contributed by atoms with van der Waals surface area (Å²) in [7, 11) is 1.69. The van der Waals surface area contributed by atoms with Gasteiger partial charge in [0.2, 0.25) is 0 Å². The molecule has 1 aliphatic heterocycles. The Morgan fingerprint density at radius 1 is 0.980 bits per heavy atom. The second kappa shape index (κ2) is 21.3. The number of halogens is 3. The number of aromatic nitrogens is 1. The fourth-order valence-corrected chi connectivity index (χ4v) is 5.34. The summed E-state index contributed by atoms with van der Waals surface area (Å²) in [5, 5.41) is 22.3. The van der Waals surface area contributed by atoms with Crippen LogP contribution in [-0.4, -0.2) is 68.7 Å². The van der Waals surface area contributed by atoms with Crippen LogP contribution in [0.3, 0.4) is 0 Å². The quantitative estimate of drug-likeness (QED) is 0.0945. The van der Waals surface area contributed by atoms with Crippen LogP contribution in [0.4, 0.5) is 30.2 Å². The normalized spacial score (nSPS) is 12.6. The van der Waals surface area contributed by atoms with Gasteiger partial charge in [-0.2, -0.15) is 13.2 Å². The maximum Gasteiger partial charge on any atom is 1.00 e. The van der Waals surface area contributed by atoms with Crippen molar-refractivity contribution in [3.05, 3.63) is 113 Å². The summed E-state index contributed by atoms with van der Waals surface area (Å²) >= 11 is 0. The molecule has 0 atom stereocenters. The van der Waals surface area contributed by atoms with Crippen LogP contribution in [0, 0.1) is 0 Å². The Labute approximate surface area is 333 Å². The van der Waals surface area contributed by atoms with E-state index in [1.807, 2.05) is 30.3 Å². The van der Waals surface area contributed by atoms with Gasteiger partial charge in [0.25, 0.3) is 5.91 Å². The van der Waals surface area contributed by atoms with Gasteiger partial charge in [-0.1, -0.05) is 36.4 Å². The molecule has 1 aromatic heterocycles. The monoisotopic (exact) mass is 714 g/mol. The SMILES string of the molecule is CNCc1cccc(C(F)(F)F)c1.O=Cc1ccnc(-c2cc(N3CCCCC3)ccc2NC(=O)c2cccc([N-]CCNCCO)c2)c1.[K+]. The molecule has 1 amide bonds. The van der Waals surface area contributed by atoms with Crippen LogP contribution in [0.1, 0.15) is 51.1 Å². The molecule has 1 saturated heterocycles. The predicted molar refractivity (Wildman–Crippen MR) is 188 cm³/mol. The van der Waals surface area contributed by atoms with Gasteiger partial charge in [0.05, 0.1) is 23.6 Å². The molecule has 4 N–H and O–H groups in total. The van der Waals surface area contributed by atoms with Crippen molar-refractivity contribution in [1.29, 1.82) is 0 Å². The summed E-state index contributed by atoms with van der Waals surface area (Å²) in [6, 6.07) is 21.9. The van der Waals surface area contributed by atoms with Gasteiger partial charge in [-0.15, -0.1) is 12.2 Å². The van der Waals surface area contributed by atoms with E-state index in [0.29, 0.717) is 54.3 Å². The molecule has 0 bridgehead atoms. The number of carbonyl (C=O) groups excluding carboxylic acids is 2. The van der Waals surface area contributed by atoms with Gasteiger partial charge in [-0.25, -0.2) is 0 Å². The average molecular weight is 715 g/mol. The Morgan fingerprint density at radius 2 is 1.76 bits per heavy atom. The molecule has 0 aliphatic carbocycles. The summed E-state index contributed by atoms with van der Waals surface area (Å²) in [6.07, 6.45) is 1.72. The molecule has 0 unspecified atom stereocenters. The number of rotatable bonds is 13. The largest absolute Gasteiger partial charge is 1.00 e. The smallest absolute Gasteiger partial charge is 0.683 e. The topological polar surface area (TPSA) is 121 Å². The molecule has 2 heterocycles. The van der Waals surface area contributed by atoms with Crippen LogP contribution in [0.25, 0.3) is 16.6 Å². The van der Waals surface area contributed by atoms with Gasteiger partial charge in [-0.05, 0) is 80.9 Å². The number of alkyl halides is 3. The molecule has 1 fully saturated rings. The minimum absolute atomic E-state index is 0. The van der Waals surface area contributed by atoms with E-state index in [1.54, 1.807) is 43.6 Å². The van der Waals surface area contributed by atoms with E-state index in [2.05, 4.69) is 31.2 Å². The van der Waals surface area contributed by atoms with Gasteiger partial charge in [0.15, 0.2) is 0 Å². The Bertz CT molecular complexity index is 1670. The summed E-state index contributed by atoms with van der Waals surface area (Å²) < 4.78 is 36.6. The van der Waals surface area contributed by atoms with Crippen LogP contribution in [0.5, 0.6) is 0 Å². The number of piperidine rings is 1. The van der Waals surface area contributed by atoms with Gasteiger partial charge < -0.3 is 31.3 Å². The van der Waals surface area contributed by atoms with Gasteiger partial charge in [0, 0.05) is 54.8 Å². The number of hydrogen-bond donors (Lipinski definition) is 4. The molecule has 3 aromatic carbocycles. The summed E-state index contributed by atoms with van der Waals surface area (Å²) in [5.74, 6) is -0.246. The van der Waals surface area contributed by atoms with Crippen molar-refractivity contribution in [1.82, 2.24) is 15.6 Å². The van der Waals surface area contributed by atoms with Crippen molar-refractivity contribution in [3.8, 4) is 11.3 Å². The number of nitrogens with one attached hydrogen (secondary N) is 3. The first-order valence-electron chi connectivity index (χ1n) is 16.2. The number of nitrogens with zero attached hydrogens (tertiary/aromatic N) is 3. The fraction of sp³-hybridized carbons (Fsp3) is 0.324. The third-order valence-electron chi connectivity index (χ3n) is 7.78. The molecular weight excluding hydrogens is 673 g/mol. The molecule has 260 valence electrons. The van der Waals surface area contributed by atoms with E-state index < -0.39 is 11.7 Å². The minimum Gasteiger partial charge on any atom is -0.683 e. The zero-order valence-electron chi connectivity index (χ0n) is 28.5. The first-order valence-corrected chi connectivity index (χ1v) is 16.2.